The van der Waals surface area contributed by atoms with Crippen molar-refractivity contribution in [3.63, 3.8) is 0 Å². The molecule has 15 heavy (non-hydrogen) atoms. The maximum absolute atomic E-state index is 12.0. The SMILES string of the molecule is C[C@H]1C[C@H]2CC[C@@H](C=O)N2C(=O)[C@@H](N)C1. The number of aldehydes is 1. The van der Waals surface area contributed by atoms with Crippen LogP contribution in [0.1, 0.15) is 32.6 Å². The first-order valence-corrected chi connectivity index (χ1v) is 5.66. The van der Waals surface area contributed by atoms with E-state index in [9.17, 15) is 9.59 Å². The van der Waals surface area contributed by atoms with Gasteiger partial charge in [-0.25, -0.2) is 0 Å². The maximum atomic E-state index is 12.0. The lowest BCUT2D eigenvalue weighted by molar-refractivity contribution is -0.137. The summed E-state index contributed by atoms with van der Waals surface area (Å²) in [4.78, 5) is 24.6. The van der Waals surface area contributed by atoms with Gasteiger partial charge < -0.3 is 15.4 Å². The van der Waals surface area contributed by atoms with Crippen molar-refractivity contribution in [2.45, 2.75) is 50.7 Å². The molecule has 2 aliphatic heterocycles. The van der Waals surface area contributed by atoms with Gasteiger partial charge in [0.25, 0.3) is 0 Å². The van der Waals surface area contributed by atoms with Crippen LogP contribution in [-0.4, -0.2) is 35.2 Å². The third kappa shape index (κ3) is 1.78. The molecule has 4 atom stereocenters. The molecule has 0 aromatic heterocycles. The van der Waals surface area contributed by atoms with E-state index in [4.69, 9.17) is 5.73 Å². The van der Waals surface area contributed by atoms with Crippen LogP contribution in [0.15, 0.2) is 0 Å². The molecule has 4 nitrogen and oxygen atoms in total. The van der Waals surface area contributed by atoms with Gasteiger partial charge in [0.2, 0.25) is 5.91 Å². The van der Waals surface area contributed by atoms with Crippen molar-refractivity contribution in [2.75, 3.05) is 0 Å². The molecule has 0 saturated carbocycles. The smallest absolute Gasteiger partial charge is 0.240 e. The second kappa shape index (κ2) is 3.93. The third-order valence-corrected chi connectivity index (χ3v) is 3.61. The van der Waals surface area contributed by atoms with E-state index < -0.39 is 6.04 Å². The Morgan fingerprint density at radius 2 is 2.13 bits per heavy atom. The van der Waals surface area contributed by atoms with Crippen molar-refractivity contribution in [3.8, 4) is 0 Å². The van der Waals surface area contributed by atoms with E-state index in [2.05, 4.69) is 6.92 Å². The zero-order valence-electron chi connectivity index (χ0n) is 9.06. The summed E-state index contributed by atoms with van der Waals surface area (Å²) < 4.78 is 0. The van der Waals surface area contributed by atoms with Crippen LogP contribution in [-0.2, 0) is 9.59 Å². The molecule has 0 bridgehead atoms. The second-order valence-electron chi connectivity index (χ2n) is 4.86. The number of rotatable bonds is 1. The molecule has 0 aromatic rings. The van der Waals surface area contributed by atoms with Crippen LogP contribution in [0.4, 0.5) is 0 Å². The van der Waals surface area contributed by atoms with Crippen molar-refractivity contribution < 1.29 is 9.59 Å². The van der Waals surface area contributed by atoms with Gasteiger partial charge in [-0.15, -0.1) is 0 Å². The van der Waals surface area contributed by atoms with E-state index >= 15 is 0 Å². The first-order valence-electron chi connectivity index (χ1n) is 5.66. The van der Waals surface area contributed by atoms with Gasteiger partial charge in [-0.05, 0) is 31.6 Å². The Hall–Kier alpha value is -0.900. The van der Waals surface area contributed by atoms with E-state index in [0.717, 1.165) is 32.0 Å². The van der Waals surface area contributed by atoms with E-state index in [0.29, 0.717) is 5.92 Å². The minimum absolute atomic E-state index is 0.0287. The van der Waals surface area contributed by atoms with Gasteiger partial charge in [0.15, 0.2) is 0 Å². The fraction of sp³-hybridized carbons (Fsp3) is 0.818. The maximum Gasteiger partial charge on any atom is 0.240 e. The Bertz CT molecular complexity index is 280. The van der Waals surface area contributed by atoms with Crippen LogP contribution in [0.5, 0.6) is 0 Å². The molecule has 4 heteroatoms. The fourth-order valence-electron chi connectivity index (χ4n) is 2.91. The van der Waals surface area contributed by atoms with Crippen LogP contribution < -0.4 is 5.73 Å². The highest BCUT2D eigenvalue weighted by atomic mass is 16.2. The van der Waals surface area contributed by atoms with Crippen molar-refractivity contribution >= 4 is 12.2 Å². The van der Waals surface area contributed by atoms with Gasteiger partial charge >= 0.3 is 0 Å². The number of carbonyl (C=O) groups excluding carboxylic acids is 2. The highest BCUT2D eigenvalue weighted by molar-refractivity contribution is 5.85. The van der Waals surface area contributed by atoms with Gasteiger partial charge in [-0.3, -0.25) is 4.79 Å². The lowest BCUT2D eigenvalue weighted by Gasteiger charge is -2.27. The van der Waals surface area contributed by atoms with Crippen LogP contribution in [0.25, 0.3) is 0 Å². The third-order valence-electron chi connectivity index (χ3n) is 3.61. The first kappa shape index (κ1) is 10.6. The van der Waals surface area contributed by atoms with Gasteiger partial charge in [0.1, 0.15) is 6.29 Å². The average Bonchev–Trinajstić information content (AvgIpc) is 2.54. The predicted molar refractivity (Wildman–Crippen MR) is 56.1 cm³/mol. The van der Waals surface area contributed by atoms with Gasteiger partial charge in [0.05, 0.1) is 12.1 Å². The van der Waals surface area contributed by atoms with Gasteiger partial charge in [-0.1, -0.05) is 6.92 Å². The molecule has 1 amide bonds. The minimum Gasteiger partial charge on any atom is -0.329 e. The summed E-state index contributed by atoms with van der Waals surface area (Å²) in [6, 6.07) is -0.388. The molecule has 0 radical (unpaired) electrons. The standard InChI is InChI=1S/C11H18N2O2/c1-7-4-8-2-3-9(6-14)13(8)11(15)10(12)5-7/h6-10H,2-5,12H2,1H3/t7-,8+,9-,10-/m0/s1. The van der Waals surface area contributed by atoms with Crippen LogP contribution in [0, 0.1) is 5.92 Å². The number of hydrogen-bond donors (Lipinski definition) is 1. The molecule has 2 rings (SSSR count). The lowest BCUT2D eigenvalue weighted by Crippen LogP contribution is -2.48. The summed E-state index contributed by atoms with van der Waals surface area (Å²) in [6.07, 6.45) is 4.38. The van der Waals surface area contributed by atoms with E-state index in [1.54, 1.807) is 4.90 Å². The quantitative estimate of drug-likeness (QED) is 0.633. The average molecular weight is 210 g/mol. The molecule has 2 aliphatic rings. The van der Waals surface area contributed by atoms with Crippen molar-refractivity contribution in [1.82, 2.24) is 4.90 Å². The number of fused-ring (bicyclic) bond motifs is 1. The molecule has 0 aromatic carbocycles. The van der Waals surface area contributed by atoms with Crippen LogP contribution in [0.3, 0.4) is 0 Å². The lowest BCUT2D eigenvalue weighted by atomic mass is 9.96. The molecule has 2 heterocycles. The summed E-state index contributed by atoms with van der Waals surface area (Å²) >= 11 is 0. The number of nitrogens with two attached hydrogens (primary N) is 1. The molecule has 0 unspecified atom stereocenters. The van der Waals surface area contributed by atoms with Crippen LogP contribution in [0.2, 0.25) is 0 Å². The molecule has 2 fully saturated rings. The largest absolute Gasteiger partial charge is 0.329 e. The second-order valence-corrected chi connectivity index (χ2v) is 4.86. The molecule has 0 spiro atoms. The molecular weight excluding hydrogens is 192 g/mol. The summed E-state index contributed by atoms with van der Waals surface area (Å²) in [5.74, 6) is 0.448. The van der Waals surface area contributed by atoms with Gasteiger partial charge in [-0.2, -0.15) is 0 Å². The summed E-state index contributed by atoms with van der Waals surface area (Å²) in [6.45, 7) is 2.13. The van der Waals surface area contributed by atoms with E-state index in [-0.39, 0.29) is 18.0 Å². The molecule has 2 saturated heterocycles. The van der Waals surface area contributed by atoms with E-state index in [1.807, 2.05) is 0 Å². The number of hydrogen-bond acceptors (Lipinski definition) is 3. The monoisotopic (exact) mass is 210 g/mol. The number of carbonyl (C=O) groups is 2. The highest BCUT2D eigenvalue weighted by Gasteiger charge is 2.41. The van der Waals surface area contributed by atoms with Gasteiger partial charge in [0, 0.05) is 6.04 Å². The normalized spacial score (nSPS) is 41.2. The predicted octanol–water partition coefficient (Wildman–Crippen LogP) is 0.302. The highest BCUT2D eigenvalue weighted by Crippen LogP contribution is 2.32. The Labute approximate surface area is 89.8 Å². The summed E-state index contributed by atoms with van der Waals surface area (Å²) in [7, 11) is 0. The van der Waals surface area contributed by atoms with E-state index in [1.165, 1.54) is 0 Å². The van der Waals surface area contributed by atoms with Crippen molar-refractivity contribution in [1.29, 1.82) is 0 Å². The molecular formula is C11H18N2O2. The zero-order chi connectivity index (χ0) is 11.0. The summed E-state index contributed by atoms with van der Waals surface area (Å²) in [5, 5.41) is 0. The minimum atomic E-state index is -0.412. The Morgan fingerprint density at radius 3 is 2.80 bits per heavy atom. The summed E-state index contributed by atoms with van der Waals surface area (Å²) in [5.41, 5.74) is 5.83. The Morgan fingerprint density at radius 1 is 1.40 bits per heavy atom. The fourth-order valence-corrected chi connectivity index (χ4v) is 2.91. The zero-order valence-corrected chi connectivity index (χ0v) is 9.06. The number of amides is 1. The Balaban J connectivity index is 2.23. The molecule has 84 valence electrons. The first-order chi connectivity index (χ1) is 7.13. The van der Waals surface area contributed by atoms with Crippen molar-refractivity contribution in [3.05, 3.63) is 0 Å². The molecule has 0 aliphatic carbocycles. The van der Waals surface area contributed by atoms with Crippen molar-refractivity contribution in [2.24, 2.45) is 11.7 Å². The van der Waals surface area contributed by atoms with Crippen LogP contribution >= 0.6 is 0 Å². The molecule has 2 N–H and O–H groups in total. The number of nitrogens with zero attached hydrogens (tertiary/aromatic N) is 1. The topological polar surface area (TPSA) is 63.4 Å². The Kier molecular flexibility index (Phi) is 2.78.